The minimum atomic E-state index is -0.762. The van der Waals surface area contributed by atoms with Gasteiger partial charge in [0.2, 0.25) is 0 Å². The summed E-state index contributed by atoms with van der Waals surface area (Å²) in [5.74, 6) is 0. The molecule has 6 heteroatoms. The van der Waals surface area contributed by atoms with Gasteiger partial charge < -0.3 is 26.2 Å². The molecular formula is C14H21N3O3. The minimum Gasteiger partial charge on any atom is -0.386 e. The molecule has 2 unspecified atom stereocenters. The maximum Gasteiger partial charge on any atom is 0.316 e. The fourth-order valence-corrected chi connectivity index (χ4v) is 2.19. The van der Waals surface area contributed by atoms with Gasteiger partial charge in [0.05, 0.1) is 6.61 Å². The van der Waals surface area contributed by atoms with Gasteiger partial charge in [-0.05, 0) is 24.6 Å². The van der Waals surface area contributed by atoms with Crippen LogP contribution in [0.2, 0.25) is 0 Å². The SMILES string of the molecule is CC(NCC1(O)CCOC1)c1ccc(NC(N)=O)cc1. The van der Waals surface area contributed by atoms with Crippen molar-refractivity contribution in [1.82, 2.24) is 5.32 Å². The van der Waals surface area contributed by atoms with Crippen molar-refractivity contribution < 1.29 is 14.6 Å². The molecule has 2 rings (SSSR count). The number of primary amides is 1. The van der Waals surface area contributed by atoms with Crippen LogP contribution in [0.5, 0.6) is 0 Å². The average molecular weight is 279 g/mol. The number of hydrogen-bond acceptors (Lipinski definition) is 4. The number of carbonyl (C=O) groups excluding carboxylic acids is 1. The Bertz CT molecular complexity index is 455. The summed E-state index contributed by atoms with van der Waals surface area (Å²) in [7, 11) is 0. The van der Waals surface area contributed by atoms with E-state index in [1.54, 1.807) is 12.1 Å². The number of anilines is 1. The zero-order chi connectivity index (χ0) is 14.6. The Morgan fingerprint density at radius 2 is 2.20 bits per heavy atom. The molecule has 0 aliphatic carbocycles. The number of amides is 2. The number of nitrogens with two attached hydrogens (primary N) is 1. The van der Waals surface area contributed by atoms with Crippen LogP contribution >= 0.6 is 0 Å². The van der Waals surface area contributed by atoms with Gasteiger partial charge in [0.25, 0.3) is 0 Å². The highest BCUT2D eigenvalue weighted by Crippen LogP contribution is 2.20. The number of rotatable bonds is 5. The second-order valence-electron chi connectivity index (χ2n) is 5.24. The Kier molecular flexibility index (Phi) is 4.59. The van der Waals surface area contributed by atoms with E-state index in [1.807, 2.05) is 19.1 Å². The van der Waals surface area contributed by atoms with Crippen LogP contribution in [-0.4, -0.2) is 36.5 Å². The Hall–Kier alpha value is -1.63. The van der Waals surface area contributed by atoms with Gasteiger partial charge in [-0.3, -0.25) is 0 Å². The number of nitrogens with one attached hydrogen (secondary N) is 2. The summed E-state index contributed by atoms with van der Waals surface area (Å²) in [4.78, 5) is 10.7. The topological polar surface area (TPSA) is 96.6 Å². The molecule has 110 valence electrons. The molecular weight excluding hydrogens is 258 g/mol. The van der Waals surface area contributed by atoms with Gasteiger partial charge in [0, 0.05) is 31.3 Å². The smallest absolute Gasteiger partial charge is 0.316 e. The van der Waals surface area contributed by atoms with E-state index >= 15 is 0 Å². The van der Waals surface area contributed by atoms with Crippen LogP contribution < -0.4 is 16.4 Å². The summed E-state index contributed by atoms with van der Waals surface area (Å²) < 4.78 is 5.21. The lowest BCUT2D eigenvalue weighted by molar-refractivity contribution is 0.0252. The van der Waals surface area contributed by atoms with Crippen LogP contribution in [0.1, 0.15) is 24.9 Å². The van der Waals surface area contributed by atoms with Crippen LogP contribution in [0, 0.1) is 0 Å². The van der Waals surface area contributed by atoms with Crippen LogP contribution in [0.4, 0.5) is 10.5 Å². The normalized spacial score (nSPS) is 23.5. The molecule has 6 nitrogen and oxygen atoms in total. The molecule has 0 spiro atoms. The summed E-state index contributed by atoms with van der Waals surface area (Å²) >= 11 is 0. The Morgan fingerprint density at radius 3 is 2.75 bits per heavy atom. The van der Waals surface area contributed by atoms with Gasteiger partial charge in [-0.15, -0.1) is 0 Å². The van der Waals surface area contributed by atoms with Gasteiger partial charge in [-0.2, -0.15) is 0 Å². The maximum absolute atomic E-state index is 10.7. The molecule has 1 heterocycles. The van der Waals surface area contributed by atoms with E-state index in [2.05, 4.69) is 10.6 Å². The van der Waals surface area contributed by atoms with Gasteiger partial charge >= 0.3 is 6.03 Å². The molecule has 1 saturated heterocycles. The largest absolute Gasteiger partial charge is 0.386 e. The molecule has 5 N–H and O–H groups in total. The summed E-state index contributed by atoms with van der Waals surface area (Å²) in [6, 6.07) is 6.95. The highest BCUT2D eigenvalue weighted by atomic mass is 16.5. The highest BCUT2D eigenvalue weighted by molar-refractivity contribution is 5.87. The third-order valence-electron chi connectivity index (χ3n) is 3.50. The number of hydrogen-bond donors (Lipinski definition) is 4. The summed E-state index contributed by atoms with van der Waals surface area (Å²) in [6.07, 6.45) is 0.661. The van der Waals surface area contributed by atoms with Crippen LogP contribution in [0.3, 0.4) is 0 Å². The van der Waals surface area contributed by atoms with Gasteiger partial charge in [-0.25, -0.2) is 4.79 Å². The zero-order valence-electron chi connectivity index (χ0n) is 11.6. The molecule has 1 aliphatic heterocycles. The predicted octanol–water partition coefficient (Wildman–Crippen LogP) is 0.979. The van der Waals surface area contributed by atoms with Crippen molar-refractivity contribution in [2.24, 2.45) is 5.73 Å². The highest BCUT2D eigenvalue weighted by Gasteiger charge is 2.32. The van der Waals surface area contributed by atoms with Crippen LogP contribution in [0.15, 0.2) is 24.3 Å². The lowest BCUT2D eigenvalue weighted by Crippen LogP contribution is -2.41. The molecule has 1 aliphatic rings. The molecule has 0 aromatic heterocycles. The molecule has 20 heavy (non-hydrogen) atoms. The Morgan fingerprint density at radius 1 is 1.50 bits per heavy atom. The van der Waals surface area contributed by atoms with Crippen molar-refractivity contribution in [2.75, 3.05) is 25.1 Å². The summed E-state index contributed by atoms with van der Waals surface area (Å²) in [5.41, 5.74) is 6.03. The van der Waals surface area contributed by atoms with Crippen molar-refractivity contribution in [3.63, 3.8) is 0 Å². The second kappa shape index (κ2) is 6.21. The van der Waals surface area contributed by atoms with E-state index in [-0.39, 0.29) is 6.04 Å². The third-order valence-corrected chi connectivity index (χ3v) is 3.50. The van der Waals surface area contributed by atoms with E-state index in [0.717, 1.165) is 5.56 Å². The predicted molar refractivity (Wildman–Crippen MR) is 76.5 cm³/mol. The lowest BCUT2D eigenvalue weighted by Gasteiger charge is -2.24. The molecule has 1 aromatic carbocycles. The molecule has 1 aromatic rings. The molecule has 0 saturated carbocycles. The number of ether oxygens (including phenoxy) is 1. The van der Waals surface area contributed by atoms with Crippen LogP contribution in [0.25, 0.3) is 0 Å². The average Bonchev–Trinajstić information content (AvgIpc) is 2.84. The van der Waals surface area contributed by atoms with Crippen LogP contribution in [-0.2, 0) is 4.74 Å². The Balaban J connectivity index is 1.88. The molecule has 2 amide bonds. The minimum absolute atomic E-state index is 0.0993. The first-order chi connectivity index (χ1) is 9.48. The van der Waals surface area contributed by atoms with Crippen molar-refractivity contribution in [1.29, 1.82) is 0 Å². The fourth-order valence-electron chi connectivity index (χ4n) is 2.19. The monoisotopic (exact) mass is 279 g/mol. The fraction of sp³-hybridized carbons (Fsp3) is 0.500. The standard InChI is InChI=1S/C14H21N3O3/c1-10(16-8-14(19)6-7-20-9-14)11-2-4-12(5-3-11)17-13(15)18/h2-5,10,16,19H,6-9H2,1H3,(H3,15,17,18). The van der Waals surface area contributed by atoms with E-state index in [9.17, 15) is 9.90 Å². The zero-order valence-corrected chi connectivity index (χ0v) is 11.6. The number of urea groups is 1. The van der Waals surface area contributed by atoms with E-state index < -0.39 is 11.6 Å². The van der Waals surface area contributed by atoms with E-state index in [0.29, 0.717) is 31.9 Å². The molecule has 2 atom stereocenters. The van der Waals surface area contributed by atoms with E-state index in [4.69, 9.17) is 10.5 Å². The molecule has 1 fully saturated rings. The van der Waals surface area contributed by atoms with E-state index in [1.165, 1.54) is 0 Å². The first kappa shape index (κ1) is 14.8. The first-order valence-electron chi connectivity index (χ1n) is 6.68. The quantitative estimate of drug-likeness (QED) is 0.646. The van der Waals surface area contributed by atoms with Crippen molar-refractivity contribution >= 4 is 11.7 Å². The lowest BCUT2D eigenvalue weighted by atomic mass is 10.0. The van der Waals surface area contributed by atoms with Crippen molar-refractivity contribution in [3.05, 3.63) is 29.8 Å². The maximum atomic E-state index is 10.7. The number of aliphatic hydroxyl groups is 1. The van der Waals surface area contributed by atoms with Gasteiger partial charge in [-0.1, -0.05) is 12.1 Å². The summed E-state index contributed by atoms with van der Waals surface area (Å²) in [5, 5.41) is 16.0. The van der Waals surface area contributed by atoms with Crippen molar-refractivity contribution in [3.8, 4) is 0 Å². The van der Waals surface area contributed by atoms with Crippen molar-refractivity contribution in [2.45, 2.75) is 25.0 Å². The molecule has 0 radical (unpaired) electrons. The first-order valence-corrected chi connectivity index (χ1v) is 6.68. The number of carbonyl (C=O) groups is 1. The van der Waals surface area contributed by atoms with Gasteiger partial charge in [0.1, 0.15) is 5.60 Å². The number of benzene rings is 1. The summed E-state index contributed by atoms with van der Waals surface area (Å²) in [6.45, 7) is 3.51. The third kappa shape index (κ3) is 3.93. The molecule has 0 bridgehead atoms. The van der Waals surface area contributed by atoms with Gasteiger partial charge in [0.15, 0.2) is 0 Å². The Labute approximate surface area is 118 Å². The second-order valence-corrected chi connectivity index (χ2v) is 5.24.